The molecule has 0 unspecified atom stereocenters. The van der Waals surface area contributed by atoms with Crippen molar-refractivity contribution in [2.75, 3.05) is 19.6 Å². The quantitative estimate of drug-likeness (QED) is 0.675. The van der Waals surface area contributed by atoms with Gasteiger partial charge in [0.1, 0.15) is 0 Å². The molecular weight excluding hydrogens is 244 g/mol. The molecule has 20 heavy (non-hydrogen) atoms. The topological polar surface area (TPSA) is 6.48 Å². The van der Waals surface area contributed by atoms with Crippen molar-refractivity contribution in [2.45, 2.75) is 99.7 Å². The SMILES string of the molecule is CCN(C(C)C)C(C)(C)C.CCN(CC)C(C)(C)CC. The largest absolute Gasteiger partial charge is 0.299 e. The van der Waals surface area contributed by atoms with Crippen LogP contribution in [-0.4, -0.2) is 46.6 Å². The zero-order valence-corrected chi connectivity index (χ0v) is 16.3. The third kappa shape index (κ3) is 8.26. The first-order valence-electron chi connectivity index (χ1n) is 8.49. The number of nitrogens with zero attached hydrogens (tertiary/aromatic N) is 2. The second-order valence-electron chi connectivity index (χ2n) is 7.39. The normalized spacial score (nSPS) is 12.9. The molecule has 0 radical (unpaired) electrons. The lowest BCUT2D eigenvalue weighted by Crippen LogP contribution is -2.45. The van der Waals surface area contributed by atoms with Crippen LogP contribution in [0.4, 0.5) is 0 Å². The van der Waals surface area contributed by atoms with Crippen molar-refractivity contribution in [3.63, 3.8) is 0 Å². The molecule has 0 spiro atoms. The van der Waals surface area contributed by atoms with Gasteiger partial charge >= 0.3 is 0 Å². The van der Waals surface area contributed by atoms with E-state index in [4.69, 9.17) is 0 Å². The fourth-order valence-corrected chi connectivity index (χ4v) is 2.92. The summed E-state index contributed by atoms with van der Waals surface area (Å²) >= 11 is 0. The minimum atomic E-state index is 0.322. The van der Waals surface area contributed by atoms with Crippen molar-refractivity contribution >= 4 is 0 Å². The van der Waals surface area contributed by atoms with E-state index in [9.17, 15) is 0 Å². The van der Waals surface area contributed by atoms with E-state index in [2.05, 4.69) is 86.0 Å². The second kappa shape index (κ2) is 9.78. The highest BCUT2D eigenvalue weighted by molar-refractivity contribution is 4.78. The van der Waals surface area contributed by atoms with Gasteiger partial charge in [0.25, 0.3) is 0 Å². The van der Waals surface area contributed by atoms with Gasteiger partial charge in [-0.15, -0.1) is 0 Å². The van der Waals surface area contributed by atoms with Crippen LogP contribution in [0.5, 0.6) is 0 Å². The highest BCUT2D eigenvalue weighted by Gasteiger charge is 2.21. The smallest absolute Gasteiger partial charge is 0.0150 e. The van der Waals surface area contributed by atoms with Gasteiger partial charge in [0.05, 0.1) is 0 Å². The average molecular weight is 287 g/mol. The van der Waals surface area contributed by atoms with Crippen molar-refractivity contribution in [3.8, 4) is 0 Å². The van der Waals surface area contributed by atoms with Crippen LogP contribution in [0.25, 0.3) is 0 Å². The summed E-state index contributed by atoms with van der Waals surface area (Å²) in [4.78, 5) is 4.97. The van der Waals surface area contributed by atoms with E-state index < -0.39 is 0 Å². The van der Waals surface area contributed by atoms with E-state index in [-0.39, 0.29) is 0 Å². The molecule has 0 rings (SSSR count). The van der Waals surface area contributed by atoms with Crippen LogP contribution in [0.3, 0.4) is 0 Å². The van der Waals surface area contributed by atoms with Crippen molar-refractivity contribution in [3.05, 3.63) is 0 Å². The Morgan fingerprint density at radius 1 is 0.750 bits per heavy atom. The van der Waals surface area contributed by atoms with Crippen molar-refractivity contribution in [1.29, 1.82) is 0 Å². The molecule has 0 saturated carbocycles. The molecule has 0 aromatic heterocycles. The maximum atomic E-state index is 2.49. The molecule has 0 bridgehead atoms. The van der Waals surface area contributed by atoms with E-state index in [1.165, 1.54) is 6.42 Å². The Bertz CT molecular complexity index is 222. The van der Waals surface area contributed by atoms with Gasteiger partial charge in [0.15, 0.2) is 0 Å². The number of hydrogen-bond acceptors (Lipinski definition) is 2. The molecule has 2 nitrogen and oxygen atoms in total. The highest BCUT2D eigenvalue weighted by Crippen LogP contribution is 2.17. The zero-order chi connectivity index (χ0) is 16.6. The van der Waals surface area contributed by atoms with Crippen molar-refractivity contribution < 1.29 is 0 Å². The molecule has 0 heterocycles. The first-order valence-corrected chi connectivity index (χ1v) is 8.49. The Kier molecular flexibility index (Phi) is 10.9. The molecule has 0 aromatic rings. The van der Waals surface area contributed by atoms with Crippen LogP contribution < -0.4 is 0 Å². The molecule has 124 valence electrons. The summed E-state index contributed by atoms with van der Waals surface area (Å²) in [7, 11) is 0. The van der Waals surface area contributed by atoms with Gasteiger partial charge in [-0.25, -0.2) is 0 Å². The molecule has 0 N–H and O–H groups in total. The molecule has 0 aromatic carbocycles. The summed E-state index contributed by atoms with van der Waals surface area (Å²) in [6.45, 7) is 28.3. The molecule has 0 saturated heterocycles. The first-order chi connectivity index (χ1) is 8.97. The zero-order valence-electron chi connectivity index (χ0n) is 16.3. The van der Waals surface area contributed by atoms with E-state index in [0.717, 1.165) is 19.6 Å². The lowest BCUT2D eigenvalue weighted by atomic mass is 9.99. The van der Waals surface area contributed by atoms with Crippen molar-refractivity contribution in [1.82, 2.24) is 9.80 Å². The molecule has 2 heteroatoms. The molecule has 0 fully saturated rings. The summed E-state index contributed by atoms with van der Waals surface area (Å²) < 4.78 is 0. The Hall–Kier alpha value is -0.0800. The van der Waals surface area contributed by atoms with Gasteiger partial charge in [-0.1, -0.05) is 27.7 Å². The minimum Gasteiger partial charge on any atom is -0.299 e. The molecule has 0 aliphatic rings. The van der Waals surface area contributed by atoms with Crippen LogP contribution in [0, 0.1) is 0 Å². The Morgan fingerprint density at radius 3 is 1.20 bits per heavy atom. The third-order valence-electron chi connectivity index (χ3n) is 4.31. The van der Waals surface area contributed by atoms with E-state index in [0.29, 0.717) is 17.1 Å². The third-order valence-corrected chi connectivity index (χ3v) is 4.31. The van der Waals surface area contributed by atoms with Crippen LogP contribution in [0.1, 0.15) is 82.6 Å². The fourth-order valence-electron chi connectivity index (χ4n) is 2.92. The fraction of sp³-hybridized carbons (Fsp3) is 1.00. The summed E-state index contributed by atoms with van der Waals surface area (Å²) in [5.41, 5.74) is 0.715. The van der Waals surface area contributed by atoms with E-state index >= 15 is 0 Å². The van der Waals surface area contributed by atoms with E-state index in [1.54, 1.807) is 0 Å². The first kappa shape index (κ1) is 22.2. The Labute approximate surface area is 129 Å². The highest BCUT2D eigenvalue weighted by atomic mass is 15.2. The van der Waals surface area contributed by atoms with Gasteiger partial charge in [0, 0.05) is 17.1 Å². The average Bonchev–Trinajstić information content (AvgIpc) is 2.29. The summed E-state index contributed by atoms with van der Waals surface area (Å²) in [6, 6.07) is 0.657. The lowest BCUT2D eigenvalue weighted by molar-refractivity contribution is 0.107. The van der Waals surface area contributed by atoms with Gasteiger partial charge in [-0.05, 0) is 74.5 Å². The molecule has 0 aliphatic heterocycles. The summed E-state index contributed by atoms with van der Waals surface area (Å²) in [5, 5.41) is 0. The predicted octanol–water partition coefficient (Wildman–Crippen LogP) is 5.03. The van der Waals surface area contributed by atoms with Crippen LogP contribution >= 0.6 is 0 Å². The number of hydrogen-bond donors (Lipinski definition) is 0. The molecule has 0 atom stereocenters. The monoisotopic (exact) mass is 286 g/mol. The van der Waals surface area contributed by atoms with Gasteiger partial charge in [0.2, 0.25) is 0 Å². The summed E-state index contributed by atoms with van der Waals surface area (Å²) in [6.07, 6.45) is 1.23. The number of rotatable bonds is 6. The van der Waals surface area contributed by atoms with Crippen LogP contribution in [0.15, 0.2) is 0 Å². The van der Waals surface area contributed by atoms with Crippen molar-refractivity contribution in [2.24, 2.45) is 0 Å². The van der Waals surface area contributed by atoms with E-state index in [1.807, 2.05) is 0 Å². The Morgan fingerprint density at radius 2 is 1.15 bits per heavy atom. The van der Waals surface area contributed by atoms with Crippen LogP contribution in [-0.2, 0) is 0 Å². The standard InChI is InChI=1S/2C9H21N/c1-7-10(8(2)3)9(4,5)6;1-6-9(4,5)10(7-2)8-3/h8H,7H2,1-6H3;6-8H2,1-5H3. The maximum absolute atomic E-state index is 2.49. The van der Waals surface area contributed by atoms with Gasteiger partial charge in [-0.3, -0.25) is 9.80 Å². The lowest BCUT2D eigenvalue weighted by Gasteiger charge is -2.38. The minimum absolute atomic E-state index is 0.322. The molecular formula is C18H42N2. The maximum Gasteiger partial charge on any atom is 0.0150 e. The van der Waals surface area contributed by atoms with Gasteiger partial charge < -0.3 is 0 Å². The molecule has 0 aliphatic carbocycles. The Balaban J connectivity index is 0. The second-order valence-corrected chi connectivity index (χ2v) is 7.39. The van der Waals surface area contributed by atoms with Crippen LogP contribution in [0.2, 0.25) is 0 Å². The molecule has 0 amide bonds. The predicted molar refractivity (Wildman–Crippen MR) is 94.6 cm³/mol. The summed E-state index contributed by atoms with van der Waals surface area (Å²) in [5.74, 6) is 0. The van der Waals surface area contributed by atoms with Gasteiger partial charge in [-0.2, -0.15) is 0 Å².